The molecule has 1 aliphatic rings. The highest BCUT2D eigenvalue weighted by molar-refractivity contribution is 7.09. The van der Waals surface area contributed by atoms with Gasteiger partial charge in [0.05, 0.1) is 30.6 Å². The Balaban J connectivity index is 1.79. The van der Waals surface area contributed by atoms with Crippen molar-refractivity contribution in [2.45, 2.75) is 58.2 Å². The normalized spacial score (nSPS) is 28.5. The number of thiazole rings is 1. The highest BCUT2D eigenvalue weighted by atomic mass is 32.1. The van der Waals surface area contributed by atoms with E-state index in [1.807, 2.05) is 7.05 Å². The lowest BCUT2D eigenvalue weighted by Crippen LogP contribution is -2.34. The molecule has 102 valence electrons. The summed E-state index contributed by atoms with van der Waals surface area (Å²) in [6.07, 6.45) is 2.87. The first-order valence-corrected chi connectivity index (χ1v) is 7.40. The van der Waals surface area contributed by atoms with Gasteiger partial charge in [0.2, 0.25) is 0 Å². The summed E-state index contributed by atoms with van der Waals surface area (Å²) in [6, 6.07) is 0. The fourth-order valence-corrected chi connectivity index (χ4v) is 3.12. The fraction of sp³-hybridized carbons (Fsp3) is 0.769. The number of aromatic nitrogens is 1. The second-order valence-corrected chi connectivity index (χ2v) is 5.87. The summed E-state index contributed by atoms with van der Waals surface area (Å²) >= 11 is 1.68. The minimum atomic E-state index is 0.300. The lowest BCUT2D eigenvalue weighted by molar-refractivity contribution is -0.106. The van der Waals surface area contributed by atoms with Crippen LogP contribution in [0.15, 0.2) is 5.38 Å². The Hall–Kier alpha value is -0.490. The first-order chi connectivity index (χ1) is 8.67. The van der Waals surface area contributed by atoms with Gasteiger partial charge in [-0.2, -0.15) is 0 Å². The van der Waals surface area contributed by atoms with Gasteiger partial charge in [-0.3, -0.25) is 0 Å². The van der Waals surface area contributed by atoms with Crippen molar-refractivity contribution in [2.75, 3.05) is 7.05 Å². The Morgan fingerprint density at radius 2 is 2.17 bits per heavy atom. The van der Waals surface area contributed by atoms with Crippen LogP contribution in [0.3, 0.4) is 0 Å². The molecule has 2 unspecified atom stereocenters. The SMILES string of the molecule is CNCc1nc(COC2CC(C)OC(C)C2)cs1. The predicted octanol–water partition coefficient (Wildman–Crippen LogP) is 2.34. The number of hydrogen-bond donors (Lipinski definition) is 1. The van der Waals surface area contributed by atoms with Crippen LogP contribution in [0.25, 0.3) is 0 Å². The average Bonchev–Trinajstić information content (AvgIpc) is 2.74. The van der Waals surface area contributed by atoms with E-state index in [1.165, 1.54) is 0 Å². The van der Waals surface area contributed by atoms with Crippen LogP contribution in [0.5, 0.6) is 0 Å². The summed E-state index contributed by atoms with van der Waals surface area (Å²) < 4.78 is 11.6. The molecule has 0 amide bonds. The molecular formula is C13H22N2O2S. The van der Waals surface area contributed by atoms with Gasteiger partial charge in [-0.05, 0) is 33.7 Å². The van der Waals surface area contributed by atoms with Crippen LogP contribution >= 0.6 is 11.3 Å². The van der Waals surface area contributed by atoms with Gasteiger partial charge >= 0.3 is 0 Å². The lowest BCUT2D eigenvalue weighted by atomic mass is 10.0. The second-order valence-electron chi connectivity index (χ2n) is 4.92. The van der Waals surface area contributed by atoms with Gasteiger partial charge in [0.25, 0.3) is 0 Å². The van der Waals surface area contributed by atoms with Gasteiger partial charge in [0.1, 0.15) is 5.01 Å². The molecule has 0 radical (unpaired) electrons. The zero-order valence-electron chi connectivity index (χ0n) is 11.3. The minimum Gasteiger partial charge on any atom is -0.375 e. The van der Waals surface area contributed by atoms with Gasteiger partial charge in [-0.15, -0.1) is 11.3 Å². The molecule has 0 saturated carbocycles. The molecule has 4 nitrogen and oxygen atoms in total. The van der Waals surface area contributed by atoms with Crippen LogP contribution in [-0.4, -0.2) is 30.3 Å². The van der Waals surface area contributed by atoms with Crippen molar-refractivity contribution < 1.29 is 9.47 Å². The zero-order valence-corrected chi connectivity index (χ0v) is 12.1. The Labute approximate surface area is 113 Å². The van der Waals surface area contributed by atoms with Crippen molar-refractivity contribution in [1.29, 1.82) is 0 Å². The maximum atomic E-state index is 5.95. The monoisotopic (exact) mass is 270 g/mol. The van der Waals surface area contributed by atoms with Crippen LogP contribution in [-0.2, 0) is 22.6 Å². The smallest absolute Gasteiger partial charge is 0.107 e. The van der Waals surface area contributed by atoms with Crippen molar-refractivity contribution in [3.63, 3.8) is 0 Å². The molecule has 0 aromatic carbocycles. The largest absolute Gasteiger partial charge is 0.375 e. The van der Waals surface area contributed by atoms with Crippen LogP contribution in [0.4, 0.5) is 0 Å². The molecule has 0 spiro atoms. The van der Waals surface area contributed by atoms with Gasteiger partial charge in [0.15, 0.2) is 0 Å². The third-order valence-corrected chi connectivity index (χ3v) is 3.95. The maximum absolute atomic E-state index is 5.95. The van der Waals surface area contributed by atoms with Crippen molar-refractivity contribution in [2.24, 2.45) is 0 Å². The van der Waals surface area contributed by atoms with E-state index in [4.69, 9.17) is 9.47 Å². The van der Waals surface area contributed by atoms with E-state index in [9.17, 15) is 0 Å². The maximum Gasteiger partial charge on any atom is 0.107 e. The Kier molecular flexibility index (Phi) is 5.12. The van der Waals surface area contributed by atoms with Gasteiger partial charge in [-0.25, -0.2) is 4.98 Å². The summed E-state index contributed by atoms with van der Waals surface area (Å²) in [7, 11) is 1.93. The van der Waals surface area contributed by atoms with E-state index in [-0.39, 0.29) is 0 Å². The molecular weight excluding hydrogens is 248 g/mol. The predicted molar refractivity (Wildman–Crippen MR) is 72.7 cm³/mol. The molecule has 2 heterocycles. The Bertz CT molecular complexity index is 360. The molecule has 1 aromatic heterocycles. The summed E-state index contributed by atoms with van der Waals surface area (Å²) in [4.78, 5) is 4.52. The number of rotatable bonds is 5. The topological polar surface area (TPSA) is 43.4 Å². The summed E-state index contributed by atoms with van der Waals surface area (Å²) in [6.45, 7) is 5.67. The standard InChI is InChI=1S/C13H22N2O2S/c1-9-4-12(5-10(2)17-9)16-7-11-8-18-13(15-11)6-14-3/h8-10,12,14H,4-7H2,1-3H3. The van der Waals surface area contributed by atoms with Gasteiger partial charge in [0, 0.05) is 11.9 Å². The lowest BCUT2D eigenvalue weighted by Gasteiger charge is -2.31. The first-order valence-electron chi connectivity index (χ1n) is 6.52. The molecule has 0 bridgehead atoms. The highest BCUT2D eigenvalue weighted by Crippen LogP contribution is 2.22. The fourth-order valence-electron chi connectivity index (χ4n) is 2.33. The third-order valence-electron chi connectivity index (χ3n) is 3.05. The van der Waals surface area contributed by atoms with E-state index in [0.29, 0.717) is 24.9 Å². The van der Waals surface area contributed by atoms with Crippen molar-refractivity contribution in [3.8, 4) is 0 Å². The van der Waals surface area contributed by atoms with E-state index in [1.54, 1.807) is 11.3 Å². The van der Waals surface area contributed by atoms with Crippen molar-refractivity contribution in [3.05, 3.63) is 16.1 Å². The molecule has 1 N–H and O–H groups in total. The molecule has 0 aliphatic carbocycles. The number of nitrogens with one attached hydrogen (secondary N) is 1. The molecule has 1 fully saturated rings. The first kappa shape index (κ1) is 13.9. The van der Waals surface area contributed by atoms with Crippen molar-refractivity contribution >= 4 is 11.3 Å². The molecule has 1 saturated heterocycles. The van der Waals surface area contributed by atoms with Crippen molar-refractivity contribution in [1.82, 2.24) is 10.3 Å². The van der Waals surface area contributed by atoms with Crippen LogP contribution in [0.1, 0.15) is 37.4 Å². The van der Waals surface area contributed by atoms with E-state index in [2.05, 4.69) is 29.5 Å². The molecule has 2 atom stereocenters. The number of nitrogens with zero attached hydrogens (tertiary/aromatic N) is 1. The molecule has 1 aliphatic heterocycles. The third kappa shape index (κ3) is 4.02. The highest BCUT2D eigenvalue weighted by Gasteiger charge is 2.25. The van der Waals surface area contributed by atoms with Gasteiger partial charge < -0.3 is 14.8 Å². The Morgan fingerprint density at radius 1 is 1.44 bits per heavy atom. The minimum absolute atomic E-state index is 0.300. The molecule has 5 heteroatoms. The average molecular weight is 270 g/mol. The van der Waals surface area contributed by atoms with Crippen LogP contribution < -0.4 is 5.32 Å². The quantitative estimate of drug-likeness (QED) is 0.892. The molecule has 18 heavy (non-hydrogen) atoms. The summed E-state index contributed by atoms with van der Waals surface area (Å²) in [5, 5.41) is 6.30. The van der Waals surface area contributed by atoms with Crippen LogP contribution in [0.2, 0.25) is 0 Å². The molecule has 1 aromatic rings. The number of hydrogen-bond acceptors (Lipinski definition) is 5. The van der Waals surface area contributed by atoms with Crippen LogP contribution in [0, 0.1) is 0 Å². The van der Waals surface area contributed by atoms with E-state index >= 15 is 0 Å². The number of ether oxygens (including phenoxy) is 2. The zero-order chi connectivity index (χ0) is 13.0. The van der Waals surface area contributed by atoms with E-state index < -0.39 is 0 Å². The molecule has 2 rings (SSSR count). The second kappa shape index (κ2) is 6.61. The Morgan fingerprint density at radius 3 is 2.83 bits per heavy atom. The summed E-state index contributed by atoms with van der Waals surface area (Å²) in [5.41, 5.74) is 1.04. The summed E-state index contributed by atoms with van der Waals surface area (Å²) in [5.74, 6) is 0. The van der Waals surface area contributed by atoms with E-state index in [0.717, 1.165) is 30.1 Å². The van der Waals surface area contributed by atoms with Gasteiger partial charge in [-0.1, -0.05) is 0 Å².